The number of aromatic nitrogens is 1. The minimum absolute atomic E-state index is 0.0225. The number of thiazole rings is 1. The van der Waals surface area contributed by atoms with E-state index in [0.717, 1.165) is 11.3 Å². The van der Waals surface area contributed by atoms with Crippen molar-refractivity contribution in [3.8, 4) is 0 Å². The van der Waals surface area contributed by atoms with Gasteiger partial charge in [-0.1, -0.05) is 11.8 Å². The van der Waals surface area contributed by atoms with Crippen molar-refractivity contribution in [1.82, 2.24) is 4.98 Å². The Labute approximate surface area is 76.0 Å². The van der Waals surface area contributed by atoms with Crippen LogP contribution in [0.5, 0.6) is 0 Å². The molecule has 0 spiro atoms. The minimum Gasteiger partial charge on any atom is -0.287 e. The van der Waals surface area contributed by atoms with Gasteiger partial charge in [0.1, 0.15) is 4.34 Å². The Morgan fingerprint density at radius 2 is 2.42 bits per heavy atom. The molecule has 0 aliphatic carbocycles. The molecule has 66 valence electrons. The molecule has 0 atom stereocenters. The van der Waals surface area contributed by atoms with Gasteiger partial charge in [0.25, 0.3) is 0 Å². The number of halogens is 2. The van der Waals surface area contributed by atoms with E-state index in [2.05, 4.69) is 4.98 Å². The standard InChI is InChI=1S/C6H5F2NOS2/c1-11-6-9-2-3(12-6)4(10)5(7)8/h2,5H,1H3. The fourth-order valence-corrected chi connectivity index (χ4v) is 1.92. The Hall–Kier alpha value is -0.490. The third-order valence-electron chi connectivity index (χ3n) is 1.10. The highest BCUT2D eigenvalue weighted by Crippen LogP contribution is 2.23. The first-order valence-corrected chi connectivity index (χ1v) is 5.01. The Balaban J connectivity index is 2.82. The maximum absolute atomic E-state index is 11.8. The lowest BCUT2D eigenvalue weighted by atomic mass is 10.4. The number of carbonyl (C=O) groups is 1. The van der Waals surface area contributed by atoms with Gasteiger partial charge in [-0.15, -0.1) is 11.3 Å². The number of Topliss-reactive ketones (excluding diaryl/α,β-unsaturated/α-hetero) is 1. The Morgan fingerprint density at radius 3 is 2.83 bits per heavy atom. The number of rotatable bonds is 3. The summed E-state index contributed by atoms with van der Waals surface area (Å²) in [6.07, 6.45) is 0.0284. The van der Waals surface area contributed by atoms with Gasteiger partial charge < -0.3 is 0 Å². The van der Waals surface area contributed by atoms with Gasteiger partial charge in [-0.2, -0.15) is 0 Å². The highest BCUT2D eigenvalue weighted by Gasteiger charge is 2.20. The van der Waals surface area contributed by atoms with Crippen LogP contribution in [0.2, 0.25) is 0 Å². The van der Waals surface area contributed by atoms with Crippen LogP contribution in [-0.4, -0.2) is 23.4 Å². The average Bonchev–Trinajstić information content (AvgIpc) is 2.50. The van der Waals surface area contributed by atoms with Crippen molar-refractivity contribution in [2.45, 2.75) is 10.8 Å². The maximum Gasteiger partial charge on any atom is 0.301 e. The van der Waals surface area contributed by atoms with Gasteiger partial charge in [0.15, 0.2) is 0 Å². The Bertz CT molecular complexity index is 287. The molecule has 0 saturated heterocycles. The number of ketones is 1. The van der Waals surface area contributed by atoms with E-state index >= 15 is 0 Å². The molecular weight excluding hydrogens is 204 g/mol. The molecule has 0 bridgehead atoms. The van der Waals surface area contributed by atoms with Crippen LogP contribution in [0.3, 0.4) is 0 Å². The molecule has 1 heterocycles. The number of hydrogen-bond acceptors (Lipinski definition) is 4. The van der Waals surface area contributed by atoms with E-state index in [4.69, 9.17) is 0 Å². The summed E-state index contributed by atoms with van der Waals surface area (Å²) < 4.78 is 24.3. The van der Waals surface area contributed by atoms with Crippen molar-refractivity contribution in [3.05, 3.63) is 11.1 Å². The van der Waals surface area contributed by atoms with Crippen LogP contribution >= 0.6 is 23.1 Å². The second-order valence-corrected chi connectivity index (χ2v) is 3.94. The fourth-order valence-electron chi connectivity index (χ4n) is 0.574. The molecule has 0 radical (unpaired) electrons. The lowest BCUT2D eigenvalue weighted by Crippen LogP contribution is -2.07. The van der Waals surface area contributed by atoms with E-state index in [9.17, 15) is 13.6 Å². The van der Waals surface area contributed by atoms with Crippen LogP contribution in [0.4, 0.5) is 8.78 Å². The molecule has 0 saturated carbocycles. The lowest BCUT2D eigenvalue weighted by molar-refractivity contribution is 0.0683. The topological polar surface area (TPSA) is 30.0 Å². The Kier molecular flexibility index (Phi) is 3.16. The largest absolute Gasteiger partial charge is 0.301 e. The predicted molar refractivity (Wildman–Crippen MR) is 44.2 cm³/mol. The highest BCUT2D eigenvalue weighted by molar-refractivity contribution is 8.00. The smallest absolute Gasteiger partial charge is 0.287 e. The van der Waals surface area contributed by atoms with Crippen LogP contribution in [0.1, 0.15) is 9.67 Å². The van der Waals surface area contributed by atoms with E-state index in [1.165, 1.54) is 18.0 Å². The quantitative estimate of drug-likeness (QED) is 0.565. The molecule has 0 aliphatic rings. The molecule has 0 unspecified atom stereocenters. The van der Waals surface area contributed by atoms with E-state index in [-0.39, 0.29) is 4.88 Å². The van der Waals surface area contributed by atoms with Gasteiger partial charge in [-0.3, -0.25) is 4.79 Å². The molecule has 0 aromatic carbocycles. The zero-order valence-corrected chi connectivity index (χ0v) is 7.72. The molecule has 2 nitrogen and oxygen atoms in total. The third kappa shape index (κ3) is 2.01. The van der Waals surface area contributed by atoms with Gasteiger partial charge in [-0.05, 0) is 6.26 Å². The summed E-state index contributed by atoms with van der Waals surface area (Å²) in [5.74, 6) is -1.15. The predicted octanol–water partition coefficient (Wildman–Crippen LogP) is 2.31. The summed E-state index contributed by atoms with van der Waals surface area (Å²) in [5, 5.41) is 0. The normalized spacial score (nSPS) is 10.7. The molecule has 6 heteroatoms. The maximum atomic E-state index is 11.8. The molecule has 0 N–H and O–H groups in total. The van der Waals surface area contributed by atoms with E-state index in [0.29, 0.717) is 4.34 Å². The van der Waals surface area contributed by atoms with Crippen LogP contribution in [-0.2, 0) is 0 Å². The zero-order chi connectivity index (χ0) is 9.14. The summed E-state index contributed by atoms with van der Waals surface area (Å²) in [7, 11) is 0. The van der Waals surface area contributed by atoms with Gasteiger partial charge in [-0.25, -0.2) is 13.8 Å². The van der Waals surface area contributed by atoms with Crippen LogP contribution in [0.25, 0.3) is 0 Å². The second kappa shape index (κ2) is 3.95. The second-order valence-electron chi connectivity index (χ2n) is 1.86. The van der Waals surface area contributed by atoms with E-state index in [1.807, 2.05) is 0 Å². The van der Waals surface area contributed by atoms with E-state index in [1.54, 1.807) is 6.26 Å². The first-order valence-electron chi connectivity index (χ1n) is 2.97. The van der Waals surface area contributed by atoms with Crippen LogP contribution < -0.4 is 0 Å². The van der Waals surface area contributed by atoms with Crippen molar-refractivity contribution in [3.63, 3.8) is 0 Å². The van der Waals surface area contributed by atoms with Gasteiger partial charge in [0, 0.05) is 0 Å². The summed E-state index contributed by atoms with van der Waals surface area (Å²) in [4.78, 5) is 14.5. The number of carbonyl (C=O) groups excluding carboxylic acids is 1. The first-order chi connectivity index (χ1) is 5.65. The van der Waals surface area contributed by atoms with Crippen LogP contribution in [0.15, 0.2) is 10.5 Å². The van der Waals surface area contributed by atoms with Crippen molar-refractivity contribution in [2.24, 2.45) is 0 Å². The number of thioether (sulfide) groups is 1. The summed E-state index contributed by atoms with van der Waals surface area (Å²) in [5.41, 5.74) is 0. The van der Waals surface area contributed by atoms with Crippen molar-refractivity contribution < 1.29 is 13.6 Å². The van der Waals surface area contributed by atoms with Crippen LogP contribution in [0, 0.1) is 0 Å². The number of hydrogen-bond donors (Lipinski definition) is 0. The lowest BCUT2D eigenvalue weighted by Gasteiger charge is -1.91. The van der Waals surface area contributed by atoms with E-state index < -0.39 is 12.2 Å². The SMILES string of the molecule is CSc1ncc(C(=O)C(F)F)s1. The molecule has 1 aromatic heterocycles. The highest BCUT2D eigenvalue weighted by atomic mass is 32.2. The Morgan fingerprint density at radius 1 is 1.75 bits per heavy atom. The molecule has 1 rings (SSSR count). The van der Waals surface area contributed by atoms with Crippen molar-refractivity contribution >= 4 is 28.9 Å². The van der Waals surface area contributed by atoms with Crippen molar-refractivity contribution in [1.29, 1.82) is 0 Å². The fraction of sp³-hybridized carbons (Fsp3) is 0.333. The average molecular weight is 209 g/mol. The summed E-state index contributed by atoms with van der Waals surface area (Å²) in [6, 6.07) is 0. The first kappa shape index (κ1) is 9.60. The number of alkyl halides is 2. The molecule has 12 heavy (non-hydrogen) atoms. The molecule has 1 aromatic rings. The van der Waals surface area contributed by atoms with Gasteiger partial charge in [0.05, 0.1) is 11.1 Å². The van der Waals surface area contributed by atoms with Crippen molar-refractivity contribution in [2.75, 3.05) is 6.26 Å². The summed E-state index contributed by atoms with van der Waals surface area (Å²) >= 11 is 2.32. The minimum atomic E-state index is -2.93. The van der Waals surface area contributed by atoms with Gasteiger partial charge >= 0.3 is 6.43 Å². The third-order valence-corrected chi connectivity index (χ3v) is 3.11. The monoisotopic (exact) mass is 209 g/mol. The van der Waals surface area contributed by atoms with Gasteiger partial charge in [0.2, 0.25) is 5.78 Å². The zero-order valence-electron chi connectivity index (χ0n) is 6.08. The molecular formula is C6H5F2NOS2. The molecule has 0 amide bonds. The number of nitrogens with zero attached hydrogens (tertiary/aromatic N) is 1. The summed E-state index contributed by atoms with van der Waals surface area (Å²) in [6.45, 7) is 0. The molecule has 0 aliphatic heterocycles. The molecule has 0 fully saturated rings.